The molecule has 0 atom stereocenters. The van der Waals surface area contributed by atoms with Gasteiger partial charge in [-0.15, -0.1) is 0 Å². The van der Waals surface area contributed by atoms with Crippen LogP contribution in [0.25, 0.3) is 44.5 Å². The quantitative estimate of drug-likeness (QED) is 0.427. The van der Waals surface area contributed by atoms with Gasteiger partial charge >= 0.3 is 5.82 Å². The summed E-state index contributed by atoms with van der Waals surface area (Å²) in [6.45, 7) is 2.10. The van der Waals surface area contributed by atoms with Gasteiger partial charge < -0.3 is 8.83 Å². The molecule has 0 saturated carbocycles. The minimum absolute atomic E-state index is 0.577. The molecule has 0 saturated heterocycles. The number of furan rings is 2. The molecule has 0 aliphatic carbocycles. The van der Waals surface area contributed by atoms with Gasteiger partial charge in [-0.2, -0.15) is 0 Å². The van der Waals surface area contributed by atoms with Gasteiger partial charge in [0.1, 0.15) is 17.4 Å². The van der Waals surface area contributed by atoms with E-state index in [0.29, 0.717) is 5.78 Å². The Hall–Kier alpha value is -3.14. The largest absolute Gasteiger partial charge is 0.425 e. The molecule has 4 heteroatoms. The van der Waals surface area contributed by atoms with Gasteiger partial charge in [-0.05, 0) is 35.7 Å². The van der Waals surface area contributed by atoms with E-state index in [2.05, 4.69) is 30.1 Å². The van der Waals surface area contributed by atoms with Crippen molar-refractivity contribution in [3.8, 4) is 11.4 Å². The molecule has 0 aliphatic rings. The average Bonchev–Trinajstić information content (AvgIpc) is 3.10. The first-order chi connectivity index (χ1) is 11.7. The number of benzene rings is 2. The molecule has 5 rings (SSSR count). The van der Waals surface area contributed by atoms with Crippen LogP contribution in [0.3, 0.4) is 0 Å². The van der Waals surface area contributed by atoms with Crippen LogP contribution < -0.4 is 4.57 Å². The van der Waals surface area contributed by atoms with Gasteiger partial charge in [0.15, 0.2) is 0 Å². The molecule has 0 aliphatic heterocycles. The van der Waals surface area contributed by atoms with Gasteiger partial charge in [0.2, 0.25) is 0 Å². The topological polar surface area (TPSA) is 43.0 Å². The summed E-state index contributed by atoms with van der Waals surface area (Å²) in [6.07, 6.45) is 3.80. The van der Waals surface area contributed by atoms with Gasteiger partial charge in [0.25, 0.3) is 5.78 Å². The summed E-state index contributed by atoms with van der Waals surface area (Å²) in [5.41, 5.74) is 3.89. The van der Waals surface area contributed by atoms with Crippen LogP contribution in [0.15, 0.2) is 63.7 Å². The Morgan fingerprint density at radius 2 is 1.79 bits per heavy atom. The number of hydrogen-bond donors (Lipinski definition) is 0. The van der Waals surface area contributed by atoms with E-state index in [9.17, 15) is 0 Å². The average molecular weight is 315 g/mol. The molecule has 5 aromatic rings. The lowest BCUT2D eigenvalue weighted by molar-refractivity contribution is -0.663. The van der Waals surface area contributed by atoms with Crippen LogP contribution in [0.1, 0.15) is 5.56 Å². The molecule has 3 aromatic heterocycles. The van der Waals surface area contributed by atoms with Crippen LogP contribution in [0.2, 0.25) is 0 Å². The van der Waals surface area contributed by atoms with E-state index in [1.54, 1.807) is 6.20 Å². The Morgan fingerprint density at radius 1 is 0.958 bits per heavy atom. The third kappa shape index (κ3) is 1.74. The zero-order valence-electron chi connectivity index (χ0n) is 13.4. The highest BCUT2D eigenvalue weighted by Gasteiger charge is 2.20. The van der Waals surface area contributed by atoms with E-state index in [1.165, 1.54) is 0 Å². The van der Waals surface area contributed by atoms with Crippen LogP contribution in [0.5, 0.6) is 0 Å². The van der Waals surface area contributed by atoms with E-state index in [1.807, 2.05) is 42.1 Å². The Labute approximate surface area is 138 Å². The first-order valence-electron chi connectivity index (χ1n) is 7.88. The first-order valence-corrected chi connectivity index (χ1v) is 7.88. The van der Waals surface area contributed by atoms with Crippen LogP contribution in [0.4, 0.5) is 0 Å². The van der Waals surface area contributed by atoms with Crippen molar-refractivity contribution < 1.29 is 13.4 Å². The maximum atomic E-state index is 5.99. The molecule has 4 nitrogen and oxygen atoms in total. The predicted octanol–water partition coefficient (Wildman–Crippen LogP) is 4.53. The molecular formula is C20H15N2O2+. The highest BCUT2D eigenvalue weighted by Crippen LogP contribution is 2.38. The molecule has 0 unspecified atom stereocenters. The van der Waals surface area contributed by atoms with Crippen LogP contribution >= 0.6 is 0 Å². The highest BCUT2D eigenvalue weighted by atomic mass is 16.5. The number of nitrogens with zero attached hydrogens (tertiary/aromatic N) is 2. The Morgan fingerprint density at radius 3 is 2.67 bits per heavy atom. The Balaban J connectivity index is 1.86. The number of aromatic nitrogens is 2. The molecule has 0 amide bonds. The molecule has 0 fully saturated rings. The van der Waals surface area contributed by atoms with Crippen molar-refractivity contribution in [3.05, 3.63) is 60.4 Å². The van der Waals surface area contributed by atoms with Gasteiger partial charge in [0.05, 0.1) is 24.2 Å². The lowest BCUT2D eigenvalue weighted by Gasteiger charge is -2.03. The third-order valence-electron chi connectivity index (χ3n) is 4.53. The van der Waals surface area contributed by atoms with Gasteiger partial charge in [-0.25, -0.2) is 4.57 Å². The summed E-state index contributed by atoms with van der Waals surface area (Å²) in [4.78, 5) is 4.51. The lowest BCUT2D eigenvalue weighted by Crippen LogP contribution is -2.31. The summed E-state index contributed by atoms with van der Waals surface area (Å²) < 4.78 is 13.9. The maximum Gasteiger partial charge on any atom is 0.330 e. The fourth-order valence-electron chi connectivity index (χ4n) is 3.36. The van der Waals surface area contributed by atoms with Gasteiger partial charge in [0, 0.05) is 16.8 Å². The number of aryl methyl sites for hydroxylation is 2. The van der Waals surface area contributed by atoms with Crippen molar-refractivity contribution in [1.82, 2.24) is 4.98 Å². The second-order valence-corrected chi connectivity index (χ2v) is 6.08. The van der Waals surface area contributed by atoms with E-state index in [-0.39, 0.29) is 0 Å². The van der Waals surface area contributed by atoms with Gasteiger partial charge in [-0.1, -0.05) is 18.2 Å². The molecule has 116 valence electrons. The number of hydrogen-bond acceptors (Lipinski definition) is 3. The molecule has 0 bridgehead atoms. The van der Waals surface area contributed by atoms with Crippen molar-refractivity contribution in [2.75, 3.05) is 0 Å². The molecule has 0 radical (unpaired) electrons. The molecule has 0 N–H and O–H groups in total. The van der Waals surface area contributed by atoms with Crippen molar-refractivity contribution in [2.24, 2.45) is 7.05 Å². The van der Waals surface area contributed by atoms with Crippen molar-refractivity contribution in [1.29, 1.82) is 0 Å². The molecular weight excluding hydrogens is 300 g/mol. The molecule has 0 spiro atoms. The maximum absolute atomic E-state index is 5.99. The standard InChI is InChI=1S/C20H15N2O2/c1-12-10-15-17(11-14(12)19-21-8-5-9-22(19)2)24-20-18(15)13-6-3-4-7-16(13)23-20/h3-11H,1-2H3/q+1. The summed E-state index contributed by atoms with van der Waals surface area (Å²) >= 11 is 0. The number of rotatable bonds is 1. The van der Waals surface area contributed by atoms with Crippen LogP contribution in [-0.4, -0.2) is 4.98 Å². The van der Waals surface area contributed by atoms with Crippen molar-refractivity contribution in [3.63, 3.8) is 0 Å². The summed E-state index contributed by atoms with van der Waals surface area (Å²) in [7, 11) is 1.99. The third-order valence-corrected chi connectivity index (χ3v) is 4.53. The monoisotopic (exact) mass is 315 g/mol. The van der Waals surface area contributed by atoms with E-state index < -0.39 is 0 Å². The first kappa shape index (κ1) is 13.3. The number of para-hydroxylation sites is 1. The van der Waals surface area contributed by atoms with Crippen LogP contribution in [0, 0.1) is 6.92 Å². The highest BCUT2D eigenvalue weighted by molar-refractivity contribution is 6.17. The summed E-state index contributed by atoms with van der Waals surface area (Å²) in [5.74, 6) is 1.49. The zero-order valence-corrected chi connectivity index (χ0v) is 13.4. The van der Waals surface area contributed by atoms with Gasteiger partial charge in [-0.3, -0.25) is 0 Å². The fourth-order valence-corrected chi connectivity index (χ4v) is 3.36. The SMILES string of the molecule is Cc1cc2c(cc1-c1nccc[n+]1C)oc1oc3ccccc3c12. The van der Waals surface area contributed by atoms with E-state index in [4.69, 9.17) is 8.83 Å². The normalized spacial score (nSPS) is 11.8. The summed E-state index contributed by atoms with van der Waals surface area (Å²) in [5, 5.41) is 3.21. The molecule has 2 aromatic carbocycles. The number of fused-ring (bicyclic) bond motifs is 5. The minimum atomic E-state index is 0.577. The van der Waals surface area contributed by atoms with E-state index in [0.717, 1.165) is 44.3 Å². The summed E-state index contributed by atoms with van der Waals surface area (Å²) in [6, 6.07) is 14.2. The minimum Gasteiger partial charge on any atom is -0.425 e. The van der Waals surface area contributed by atoms with Crippen molar-refractivity contribution in [2.45, 2.75) is 6.92 Å². The second kappa shape index (κ2) is 4.68. The Kier molecular flexibility index (Phi) is 2.59. The Bertz CT molecular complexity index is 1230. The lowest BCUT2D eigenvalue weighted by atomic mass is 10.0. The zero-order chi connectivity index (χ0) is 16.3. The van der Waals surface area contributed by atoms with Crippen LogP contribution in [-0.2, 0) is 7.05 Å². The molecule has 24 heavy (non-hydrogen) atoms. The van der Waals surface area contributed by atoms with E-state index >= 15 is 0 Å². The fraction of sp³-hybridized carbons (Fsp3) is 0.100. The predicted molar refractivity (Wildman–Crippen MR) is 92.6 cm³/mol. The molecule has 3 heterocycles. The smallest absolute Gasteiger partial charge is 0.330 e. The van der Waals surface area contributed by atoms with Crippen molar-refractivity contribution >= 4 is 33.1 Å². The second-order valence-electron chi connectivity index (χ2n) is 6.08.